The first-order chi connectivity index (χ1) is 18.6. The van der Waals surface area contributed by atoms with Crippen LogP contribution in [0.3, 0.4) is 0 Å². The zero-order valence-electron chi connectivity index (χ0n) is 21.7. The molecule has 0 unspecified atom stereocenters. The Balaban J connectivity index is 1.69. The number of hydrogen-bond donors (Lipinski definition) is 1. The van der Waals surface area contributed by atoms with Gasteiger partial charge in [0, 0.05) is 18.9 Å². The molecule has 3 aromatic rings. The predicted octanol–water partition coefficient (Wildman–Crippen LogP) is 5.37. The summed E-state index contributed by atoms with van der Waals surface area (Å²) in [7, 11) is 2.88. The molecule has 1 aromatic heterocycles. The number of esters is 1. The van der Waals surface area contributed by atoms with Gasteiger partial charge in [-0.1, -0.05) is 36.4 Å². The smallest absolute Gasteiger partial charge is 0.338 e. The van der Waals surface area contributed by atoms with Crippen LogP contribution in [0.25, 0.3) is 12.2 Å². The third-order valence-electron chi connectivity index (χ3n) is 6.35. The number of carbonyl (C=O) groups excluding carboxylic acids is 2. The first-order valence-electron chi connectivity index (χ1n) is 12.7. The van der Waals surface area contributed by atoms with Gasteiger partial charge in [-0.15, -0.1) is 0 Å². The number of amides is 1. The number of ether oxygens (including phenoxy) is 3. The van der Waals surface area contributed by atoms with Crippen molar-refractivity contribution < 1.29 is 23.8 Å². The molecular formula is C31H32N2O5. The average molecular weight is 513 g/mol. The van der Waals surface area contributed by atoms with Crippen LogP contribution in [-0.2, 0) is 20.9 Å². The summed E-state index contributed by atoms with van der Waals surface area (Å²) in [5.41, 5.74) is 2.63. The van der Waals surface area contributed by atoms with Gasteiger partial charge in [0.1, 0.15) is 0 Å². The maximum Gasteiger partial charge on any atom is 0.338 e. The van der Waals surface area contributed by atoms with Gasteiger partial charge in [-0.25, -0.2) is 4.79 Å². The molecule has 1 aliphatic carbocycles. The van der Waals surface area contributed by atoms with Gasteiger partial charge in [-0.2, -0.15) is 0 Å². The molecule has 1 fully saturated rings. The zero-order chi connectivity index (χ0) is 26.7. The predicted molar refractivity (Wildman–Crippen MR) is 146 cm³/mol. The van der Waals surface area contributed by atoms with Gasteiger partial charge in [-0.3, -0.25) is 9.78 Å². The van der Waals surface area contributed by atoms with E-state index in [1.807, 2.05) is 54.6 Å². The van der Waals surface area contributed by atoms with E-state index >= 15 is 0 Å². The Bertz CT molecular complexity index is 1300. The van der Waals surface area contributed by atoms with Crippen molar-refractivity contribution in [3.05, 3.63) is 101 Å². The van der Waals surface area contributed by atoms with Gasteiger partial charge in [0.05, 0.1) is 31.5 Å². The van der Waals surface area contributed by atoms with Gasteiger partial charge in [0.15, 0.2) is 11.5 Å². The topological polar surface area (TPSA) is 86.8 Å². The van der Waals surface area contributed by atoms with Crippen molar-refractivity contribution in [3.8, 4) is 11.5 Å². The first kappa shape index (κ1) is 26.7. The lowest BCUT2D eigenvalue weighted by molar-refractivity contribution is -0.136. The second-order valence-corrected chi connectivity index (χ2v) is 8.99. The Morgan fingerprint density at radius 3 is 2.29 bits per heavy atom. The minimum Gasteiger partial charge on any atom is -0.493 e. The highest BCUT2D eigenvalue weighted by Crippen LogP contribution is 2.33. The van der Waals surface area contributed by atoms with Crippen LogP contribution in [0, 0.1) is 0 Å². The monoisotopic (exact) mass is 512 g/mol. The molecular weight excluding hydrogens is 480 g/mol. The number of benzene rings is 2. The lowest BCUT2D eigenvalue weighted by Gasteiger charge is -2.16. The number of carbonyl (C=O) groups is 2. The van der Waals surface area contributed by atoms with Crippen LogP contribution in [0.2, 0.25) is 0 Å². The molecule has 0 atom stereocenters. The van der Waals surface area contributed by atoms with Crippen LogP contribution in [-0.4, -0.2) is 37.2 Å². The summed E-state index contributed by atoms with van der Waals surface area (Å²) in [6, 6.07) is 18.5. The van der Waals surface area contributed by atoms with E-state index in [1.165, 1.54) is 7.11 Å². The van der Waals surface area contributed by atoms with E-state index in [-0.39, 0.29) is 23.8 Å². The van der Waals surface area contributed by atoms with E-state index in [0.717, 1.165) is 36.8 Å². The normalized spacial score (nSPS) is 14.2. The summed E-state index contributed by atoms with van der Waals surface area (Å²) >= 11 is 0. The molecule has 0 spiro atoms. The summed E-state index contributed by atoms with van der Waals surface area (Å²) < 4.78 is 16.8. The van der Waals surface area contributed by atoms with Crippen LogP contribution in [0.1, 0.15) is 42.4 Å². The van der Waals surface area contributed by atoms with Crippen LogP contribution in [0.4, 0.5) is 0 Å². The maximum absolute atomic E-state index is 13.5. The Morgan fingerprint density at radius 1 is 0.895 bits per heavy atom. The summed E-state index contributed by atoms with van der Waals surface area (Å²) in [6.07, 6.45) is 11.2. The minimum absolute atomic E-state index is 0.120. The fraction of sp³-hybridized carbons (Fsp3) is 0.258. The average Bonchev–Trinajstić information content (AvgIpc) is 3.48. The van der Waals surface area contributed by atoms with Gasteiger partial charge in [0.25, 0.3) is 5.91 Å². The number of methoxy groups -OCH3 is 2. The van der Waals surface area contributed by atoms with Crippen molar-refractivity contribution in [1.29, 1.82) is 0 Å². The molecule has 0 saturated heterocycles. The Hall–Kier alpha value is -4.39. The Kier molecular flexibility index (Phi) is 9.29. The van der Waals surface area contributed by atoms with E-state index in [0.29, 0.717) is 17.1 Å². The number of nitrogens with one attached hydrogen (secondary N) is 1. The minimum atomic E-state index is -0.628. The molecule has 38 heavy (non-hydrogen) atoms. The van der Waals surface area contributed by atoms with E-state index in [1.54, 1.807) is 37.7 Å². The zero-order valence-corrected chi connectivity index (χ0v) is 21.7. The molecule has 1 aliphatic rings. The van der Waals surface area contributed by atoms with Crippen LogP contribution in [0.15, 0.2) is 84.2 Å². The Labute approximate surface area is 223 Å². The molecule has 1 saturated carbocycles. The summed E-state index contributed by atoms with van der Waals surface area (Å²) in [4.78, 5) is 30.5. The SMILES string of the molecule is COC(=O)C(=C\c1ccc(OC2CCCC2)c(OC)c1)/C(=C\c1ccccc1)C(=O)NCc1ccncc1. The summed E-state index contributed by atoms with van der Waals surface area (Å²) in [5, 5.41) is 2.91. The molecule has 1 N–H and O–H groups in total. The van der Waals surface area contributed by atoms with Crippen molar-refractivity contribution >= 4 is 24.0 Å². The van der Waals surface area contributed by atoms with Gasteiger partial charge >= 0.3 is 5.97 Å². The van der Waals surface area contributed by atoms with E-state index in [9.17, 15) is 9.59 Å². The molecule has 0 aliphatic heterocycles. The van der Waals surface area contributed by atoms with Crippen molar-refractivity contribution in [2.24, 2.45) is 0 Å². The number of pyridine rings is 1. The fourth-order valence-corrected chi connectivity index (χ4v) is 4.34. The molecule has 1 amide bonds. The largest absolute Gasteiger partial charge is 0.493 e. The van der Waals surface area contributed by atoms with Crippen LogP contribution in [0.5, 0.6) is 11.5 Å². The maximum atomic E-state index is 13.5. The molecule has 2 aromatic carbocycles. The Morgan fingerprint density at radius 2 is 1.61 bits per heavy atom. The van der Waals surface area contributed by atoms with E-state index < -0.39 is 11.9 Å². The van der Waals surface area contributed by atoms with Crippen molar-refractivity contribution in [2.75, 3.05) is 14.2 Å². The number of nitrogens with zero attached hydrogens (tertiary/aromatic N) is 1. The van der Waals surface area contributed by atoms with Gasteiger partial charge < -0.3 is 19.5 Å². The standard InChI is InChI=1S/C31H32N2O5/c1-36-29-20-24(12-13-28(29)38-25-10-6-7-11-25)19-27(31(35)37-2)26(18-22-8-4-3-5-9-22)30(34)33-21-23-14-16-32-17-15-23/h3-5,8-9,12-20,25H,6-7,10-11,21H2,1-2H3,(H,33,34)/b26-18+,27-19-. The molecule has 1 heterocycles. The highest BCUT2D eigenvalue weighted by molar-refractivity contribution is 6.14. The molecule has 0 radical (unpaired) electrons. The fourth-order valence-electron chi connectivity index (χ4n) is 4.34. The van der Waals surface area contributed by atoms with E-state index in [4.69, 9.17) is 14.2 Å². The highest BCUT2D eigenvalue weighted by atomic mass is 16.5. The molecule has 4 rings (SSSR count). The number of rotatable bonds is 10. The molecule has 7 heteroatoms. The van der Waals surface area contributed by atoms with Crippen molar-refractivity contribution in [2.45, 2.75) is 38.3 Å². The van der Waals surface area contributed by atoms with Crippen LogP contribution >= 0.6 is 0 Å². The molecule has 196 valence electrons. The quantitative estimate of drug-likeness (QED) is 0.223. The van der Waals surface area contributed by atoms with E-state index in [2.05, 4.69) is 10.3 Å². The second-order valence-electron chi connectivity index (χ2n) is 8.99. The molecule has 0 bridgehead atoms. The number of aromatic nitrogens is 1. The first-order valence-corrected chi connectivity index (χ1v) is 12.7. The van der Waals surface area contributed by atoms with Crippen molar-refractivity contribution in [3.63, 3.8) is 0 Å². The third kappa shape index (κ3) is 7.09. The van der Waals surface area contributed by atoms with Gasteiger partial charge in [-0.05, 0) is 78.8 Å². The lowest BCUT2D eigenvalue weighted by atomic mass is 9.99. The highest BCUT2D eigenvalue weighted by Gasteiger charge is 2.23. The third-order valence-corrected chi connectivity index (χ3v) is 6.35. The second kappa shape index (κ2) is 13.2. The van der Waals surface area contributed by atoms with Crippen molar-refractivity contribution in [1.82, 2.24) is 10.3 Å². The van der Waals surface area contributed by atoms with Gasteiger partial charge in [0.2, 0.25) is 0 Å². The number of hydrogen-bond acceptors (Lipinski definition) is 6. The molecule has 7 nitrogen and oxygen atoms in total. The summed E-state index contributed by atoms with van der Waals surface area (Å²) in [6.45, 7) is 0.281. The summed E-state index contributed by atoms with van der Waals surface area (Å²) in [5.74, 6) is 0.184. The van der Waals surface area contributed by atoms with Crippen LogP contribution < -0.4 is 14.8 Å². The lowest BCUT2D eigenvalue weighted by Crippen LogP contribution is -2.27.